The number of carbonyl (C=O) groups is 1. The van der Waals surface area contributed by atoms with Crippen LogP contribution in [0.5, 0.6) is 0 Å². The first-order valence-electron chi connectivity index (χ1n) is 5.99. The van der Waals surface area contributed by atoms with Gasteiger partial charge in [0, 0.05) is 24.5 Å². The molecule has 2 rings (SSSR count). The lowest BCUT2D eigenvalue weighted by molar-refractivity contribution is 0.0950. The summed E-state index contributed by atoms with van der Waals surface area (Å²) in [6.45, 7) is 2.55. The normalized spacial score (nSPS) is 12.1. The zero-order valence-corrected chi connectivity index (χ0v) is 10.3. The van der Waals surface area contributed by atoms with Gasteiger partial charge in [0.25, 0.3) is 0 Å². The summed E-state index contributed by atoms with van der Waals surface area (Å²) in [4.78, 5) is 16.1. The summed E-state index contributed by atoms with van der Waals surface area (Å²) in [5.74, 6) is 0.115. The fraction of sp³-hybridized carbons (Fsp3) is 0.200. The van der Waals surface area contributed by atoms with Crippen LogP contribution in [0.4, 0.5) is 0 Å². The van der Waals surface area contributed by atoms with E-state index in [1.807, 2.05) is 49.4 Å². The van der Waals surface area contributed by atoms with Crippen molar-refractivity contribution in [2.75, 3.05) is 0 Å². The number of nitrogens with one attached hydrogen (secondary N) is 1. The van der Waals surface area contributed by atoms with Crippen molar-refractivity contribution in [3.63, 3.8) is 0 Å². The Labute approximate surface area is 107 Å². The van der Waals surface area contributed by atoms with Crippen molar-refractivity contribution in [3.05, 3.63) is 66.0 Å². The van der Waals surface area contributed by atoms with Gasteiger partial charge in [-0.25, -0.2) is 0 Å². The average molecular weight is 240 g/mol. The maximum absolute atomic E-state index is 12.1. The Hall–Kier alpha value is -2.00. The number of nitrogens with zero attached hydrogens (tertiary/aromatic N) is 1. The highest BCUT2D eigenvalue weighted by Gasteiger charge is 2.13. The Bertz CT molecular complexity index is 496. The van der Waals surface area contributed by atoms with E-state index < -0.39 is 0 Å². The van der Waals surface area contributed by atoms with Crippen LogP contribution in [0, 0.1) is 0 Å². The molecular formula is C15H16N2O. The van der Waals surface area contributed by atoms with E-state index in [0.717, 1.165) is 11.1 Å². The number of rotatable bonds is 5. The molecule has 0 radical (unpaired) electrons. The molecule has 0 aliphatic carbocycles. The second-order valence-electron chi connectivity index (χ2n) is 4.19. The van der Waals surface area contributed by atoms with Crippen molar-refractivity contribution in [2.45, 2.75) is 19.5 Å². The van der Waals surface area contributed by atoms with Gasteiger partial charge in [0.05, 0.1) is 6.04 Å². The third-order valence-corrected chi connectivity index (χ3v) is 2.81. The van der Waals surface area contributed by atoms with E-state index in [-0.39, 0.29) is 11.8 Å². The molecule has 1 heterocycles. The molecule has 0 saturated carbocycles. The minimum Gasteiger partial charge on any atom is -0.303 e. The van der Waals surface area contributed by atoms with Crippen molar-refractivity contribution < 1.29 is 4.79 Å². The van der Waals surface area contributed by atoms with Gasteiger partial charge in [-0.2, -0.15) is 0 Å². The van der Waals surface area contributed by atoms with Crippen LogP contribution in [0.25, 0.3) is 0 Å². The zero-order valence-electron chi connectivity index (χ0n) is 10.3. The molecule has 0 aliphatic rings. The highest BCUT2D eigenvalue weighted by atomic mass is 16.1. The summed E-state index contributed by atoms with van der Waals surface area (Å²) in [5.41, 5.74) is 1.87. The third kappa shape index (κ3) is 3.25. The average Bonchev–Trinajstić information content (AvgIpc) is 2.46. The highest BCUT2D eigenvalue weighted by molar-refractivity contribution is 5.99. The molecule has 92 valence electrons. The van der Waals surface area contributed by atoms with Crippen LogP contribution in [0.2, 0.25) is 0 Å². The summed E-state index contributed by atoms with van der Waals surface area (Å²) in [6, 6.07) is 13.0. The van der Waals surface area contributed by atoms with E-state index in [9.17, 15) is 4.79 Å². The third-order valence-electron chi connectivity index (χ3n) is 2.81. The fourth-order valence-electron chi connectivity index (χ4n) is 1.72. The molecule has 1 unspecified atom stereocenters. The number of pyridine rings is 1. The molecule has 0 spiro atoms. The van der Waals surface area contributed by atoms with E-state index in [4.69, 9.17) is 0 Å². The minimum absolute atomic E-state index is 0.115. The Balaban J connectivity index is 1.93. The second-order valence-corrected chi connectivity index (χ2v) is 4.19. The molecular weight excluding hydrogens is 224 g/mol. The summed E-state index contributed by atoms with van der Waals surface area (Å²) < 4.78 is 0. The van der Waals surface area contributed by atoms with Crippen molar-refractivity contribution in [2.24, 2.45) is 0 Å². The Morgan fingerprint density at radius 1 is 1.17 bits per heavy atom. The van der Waals surface area contributed by atoms with Gasteiger partial charge in [0.2, 0.25) is 0 Å². The first-order chi connectivity index (χ1) is 8.77. The molecule has 18 heavy (non-hydrogen) atoms. The Morgan fingerprint density at radius 3 is 2.50 bits per heavy atom. The largest absolute Gasteiger partial charge is 0.303 e. The van der Waals surface area contributed by atoms with Crippen LogP contribution in [0.1, 0.15) is 22.8 Å². The van der Waals surface area contributed by atoms with Crippen molar-refractivity contribution in [3.8, 4) is 0 Å². The lowest BCUT2D eigenvalue weighted by atomic mass is 10.1. The van der Waals surface area contributed by atoms with Gasteiger partial charge < -0.3 is 5.32 Å². The summed E-state index contributed by atoms with van der Waals surface area (Å²) in [5, 5.41) is 3.22. The highest BCUT2D eigenvalue weighted by Crippen LogP contribution is 2.04. The molecule has 3 nitrogen and oxygen atoms in total. The van der Waals surface area contributed by atoms with Crippen LogP contribution < -0.4 is 5.32 Å². The first-order valence-corrected chi connectivity index (χ1v) is 5.99. The molecule has 0 saturated heterocycles. The van der Waals surface area contributed by atoms with Gasteiger partial charge in [0.15, 0.2) is 5.78 Å². The number of ketones is 1. The lowest BCUT2D eigenvalue weighted by Gasteiger charge is -2.12. The summed E-state index contributed by atoms with van der Waals surface area (Å²) in [6.07, 6.45) is 3.50. The molecule has 1 aromatic heterocycles. The Morgan fingerprint density at radius 2 is 1.83 bits per heavy atom. The maximum atomic E-state index is 12.1. The fourth-order valence-corrected chi connectivity index (χ4v) is 1.72. The van der Waals surface area contributed by atoms with Gasteiger partial charge in [-0.05, 0) is 24.6 Å². The summed E-state index contributed by atoms with van der Waals surface area (Å²) in [7, 11) is 0. The van der Waals surface area contributed by atoms with Crippen molar-refractivity contribution >= 4 is 5.78 Å². The number of carbonyl (C=O) groups excluding carboxylic acids is 1. The van der Waals surface area contributed by atoms with E-state index in [0.29, 0.717) is 6.54 Å². The molecule has 1 atom stereocenters. The maximum Gasteiger partial charge on any atom is 0.179 e. The first kappa shape index (κ1) is 12.5. The quantitative estimate of drug-likeness (QED) is 0.816. The molecule has 0 bridgehead atoms. The minimum atomic E-state index is -0.194. The lowest BCUT2D eigenvalue weighted by Crippen LogP contribution is -2.33. The predicted molar refractivity (Wildman–Crippen MR) is 71.3 cm³/mol. The van der Waals surface area contributed by atoms with Gasteiger partial charge in [-0.1, -0.05) is 30.3 Å². The molecule has 0 aliphatic heterocycles. The zero-order chi connectivity index (χ0) is 12.8. The van der Waals surface area contributed by atoms with Crippen LogP contribution in [-0.2, 0) is 6.54 Å². The SMILES string of the molecule is CC(NCc1ccncc1)C(=O)c1ccccc1. The van der Waals surface area contributed by atoms with Crippen molar-refractivity contribution in [1.82, 2.24) is 10.3 Å². The molecule has 3 heteroatoms. The number of benzene rings is 1. The molecule has 0 amide bonds. The standard InChI is InChI=1S/C15H16N2O/c1-12(15(18)14-5-3-2-4-6-14)17-11-13-7-9-16-10-8-13/h2-10,12,17H,11H2,1H3. The van der Waals surface area contributed by atoms with E-state index >= 15 is 0 Å². The Kier molecular flexibility index (Phi) is 4.20. The van der Waals surface area contributed by atoms with E-state index in [1.54, 1.807) is 12.4 Å². The smallest absolute Gasteiger partial charge is 0.179 e. The summed E-state index contributed by atoms with van der Waals surface area (Å²) >= 11 is 0. The topological polar surface area (TPSA) is 42.0 Å². The van der Waals surface area contributed by atoms with Crippen molar-refractivity contribution in [1.29, 1.82) is 0 Å². The van der Waals surface area contributed by atoms with Crippen LogP contribution >= 0.6 is 0 Å². The van der Waals surface area contributed by atoms with E-state index in [1.165, 1.54) is 0 Å². The van der Waals surface area contributed by atoms with Gasteiger partial charge in [-0.3, -0.25) is 9.78 Å². The van der Waals surface area contributed by atoms with Gasteiger partial charge in [0.1, 0.15) is 0 Å². The van der Waals surface area contributed by atoms with Gasteiger partial charge >= 0.3 is 0 Å². The molecule has 1 N–H and O–H groups in total. The van der Waals surface area contributed by atoms with Crippen LogP contribution in [-0.4, -0.2) is 16.8 Å². The van der Waals surface area contributed by atoms with E-state index in [2.05, 4.69) is 10.3 Å². The number of Topliss-reactive ketones (excluding diaryl/α,β-unsaturated/α-hetero) is 1. The number of hydrogen-bond donors (Lipinski definition) is 1. The monoisotopic (exact) mass is 240 g/mol. The molecule has 0 fully saturated rings. The molecule has 1 aromatic carbocycles. The van der Waals surface area contributed by atoms with Crippen LogP contribution in [0.3, 0.4) is 0 Å². The number of aromatic nitrogens is 1. The van der Waals surface area contributed by atoms with Crippen LogP contribution in [0.15, 0.2) is 54.9 Å². The predicted octanol–water partition coefficient (Wildman–Crippen LogP) is 2.44. The molecule has 2 aromatic rings. The second kappa shape index (κ2) is 6.07. The van der Waals surface area contributed by atoms with Gasteiger partial charge in [-0.15, -0.1) is 0 Å². The number of hydrogen-bond acceptors (Lipinski definition) is 3.